The van der Waals surface area contributed by atoms with Crippen LogP contribution in [0.2, 0.25) is 5.02 Å². The Kier molecular flexibility index (Phi) is 6.54. The molecule has 126 valence electrons. The molecule has 1 aliphatic rings. The zero-order chi connectivity index (χ0) is 16.8. The molecule has 1 N–H and O–H groups in total. The zero-order valence-corrected chi connectivity index (χ0v) is 14.4. The van der Waals surface area contributed by atoms with Crippen molar-refractivity contribution in [2.45, 2.75) is 31.2 Å². The summed E-state index contributed by atoms with van der Waals surface area (Å²) in [6, 6.07) is 6.91. The van der Waals surface area contributed by atoms with Gasteiger partial charge in [0.05, 0.1) is 0 Å². The fraction of sp³-hybridized carbons (Fsp3) is 0.500. The molecule has 1 aliphatic heterocycles. The molecule has 1 aromatic rings. The predicted molar refractivity (Wildman–Crippen MR) is 90.0 cm³/mol. The minimum atomic E-state index is -0.506. The first kappa shape index (κ1) is 17.9. The molecule has 0 spiro atoms. The second-order valence-electron chi connectivity index (χ2n) is 5.53. The zero-order valence-electron chi connectivity index (χ0n) is 12.9. The number of halogens is 2. The number of carbonyl (C=O) groups excluding carboxylic acids is 2. The Morgan fingerprint density at radius 3 is 2.48 bits per heavy atom. The summed E-state index contributed by atoms with van der Waals surface area (Å²) in [5.74, 6) is 0.374. The van der Waals surface area contributed by atoms with Gasteiger partial charge in [0.2, 0.25) is 5.91 Å². The van der Waals surface area contributed by atoms with Gasteiger partial charge >= 0.3 is 0 Å². The molecule has 0 bridgehead atoms. The quantitative estimate of drug-likeness (QED) is 0.822. The molecular weight excluding hydrogens is 339 g/mol. The van der Waals surface area contributed by atoms with Crippen LogP contribution < -0.4 is 10.1 Å². The summed E-state index contributed by atoms with van der Waals surface area (Å²) in [6.45, 7) is 2.85. The van der Waals surface area contributed by atoms with Crippen molar-refractivity contribution in [3.63, 3.8) is 0 Å². The van der Waals surface area contributed by atoms with Crippen molar-refractivity contribution in [3.05, 3.63) is 29.3 Å². The minimum Gasteiger partial charge on any atom is -0.484 e. The lowest BCUT2D eigenvalue weighted by Crippen LogP contribution is -2.48. The van der Waals surface area contributed by atoms with E-state index in [0.717, 1.165) is 12.8 Å². The average molecular weight is 359 g/mol. The van der Waals surface area contributed by atoms with Crippen molar-refractivity contribution < 1.29 is 14.3 Å². The first-order valence-corrected chi connectivity index (χ1v) is 8.37. The Morgan fingerprint density at radius 2 is 1.91 bits per heavy atom. The summed E-state index contributed by atoms with van der Waals surface area (Å²) in [6.07, 6.45) is 1.45. The molecule has 2 amide bonds. The van der Waals surface area contributed by atoms with Crippen molar-refractivity contribution >= 4 is 35.0 Å². The molecule has 1 fully saturated rings. The second kappa shape index (κ2) is 8.41. The Bertz CT molecular complexity index is 541. The molecule has 0 aliphatic carbocycles. The van der Waals surface area contributed by atoms with E-state index < -0.39 is 5.38 Å². The van der Waals surface area contributed by atoms with Crippen LogP contribution >= 0.6 is 23.2 Å². The maximum atomic E-state index is 11.9. The molecule has 1 saturated heterocycles. The summed E-state index contributed by atoms with van der Waals surface area (Å²) in [7, 11) is 0. The molecule has 7 heteroatoms. The Balaban J connectivity index is 1.70. The third kappa shape index (κ3) is 5.59. The number of nitrogens with one attached hydrogen (secondary N) is 1. The molecule has 1 unspecified atom stereocenters. The van der Waals surface area contributed by atoms with E-state index in [1.165, 1.54) is 0 Å². The fourth-order valence-electron chi connectivity index (χ4n) is 2.44. The van der Waals surface area contributed by atoms with Gasteiger partial charge in [-0.3, -0.25) is 9.59 Å². The van der Waals surface area contributed by atoms with Crippen molar-refractivity contribution in [2.24, 2.45) is 0 Å². The molecular formula is C16H20Cl2N2O3. The van der Waals surface area contributed by atoms with Gasteiger partial charge in [0.25, 0.3) is 5.91 Å². The highest BCUT2D eigenvalue weighted by atomic mass is 35.5. The normalized spacial score (nSPS) is 16.7. The number of likely N-dealkylation sites (tertiary alicyclic amines) is 1. The molecule has 0 radical (unpaired) electrons. The van der Waals surface area contributed by atoms with E-state index in [1.807, 2.05) is 0 Å². The van der Waals surface area contributed by atoms with Gasteiger partial charge in [0.15, 0.2) is 6.61 Å². The number of hydrogen-bond donors (Lipinski definition) is 1. The number of hydrogen-bond acceptors (Lipinski definition) is 3. The van der Waals surface area contributed by atoms with E-state index in [0.29, 0.717) is 23.9 Å². The summed E-state index contributed by atoms with van der Waals surface area (Å²) >= 11 is 11.6. The summed E-state index contributed by atoms with van der Waals surface area (Å²) in [4.78, 5) is 25.4. The van der Waals surface area contributed by atoms with Crippen LogP contribution in [0, 0.1) is 0 Å². The molecule has 1 heterocycles. The van der Waals surface area contributed by atoms with Crippen LogP contribution in [0.5, 0.6) is 5.75 Å². The van der Waals surface area contributed by atoms with Crippen molar-refractivity contribution in [3.8, 4) is 5.75 Å². The first-order valence-electron chi connectivity index (χ1n) is 7.56. The molecule has 0 aromatic heterocycles. The Labute approximate surface area is 145 Å². The van der Waals surface area contributed by atoms with E-state index in [-0.39, 0.29) is 24.5 Å². The van der Waals surface area contributed by atoms with E-state index in [2.05, 4.69) is 5.32 Å². The highest BCUT2D eigenvalue weighted by Gasteiger charge is 2.25. The Hall–Kier alpha value is -1.46. The van der Waals surface area contributed by atoms with E-state index in [1.54, 1.807) is 36.1 Å². The van der Waals surface area contributed by atoms with Crippen molar-refractivity contribution in [1.82, 2.24) is 10.2 Å². The summed E-state index contributed by atoms with van der Waals surface area (Å²) in [5.41, 5.74) is 0. The fourth-order valence-corrected chi connectivity index (χ4v) is 2.71. The van der Waals surface area contributed by atoms with Crippen LogP contribution in [0.1, 0.15) is 19.8 Å². The lowest BCUT2D eigenvalue weighted by molar-refractivity contribution is -0.131. The van der Waals surface area contributed by atoms with Gasteiger partial charge < -0.3 is 15.0 Å². The number of rotatable bonds is 5. The second-order valence-corrected chi connectivity index (χ2v) is 6.62. The van der Waals surface area contributed by atoms with Gasteiger partial charge in [-0.25, -0.2) is 0 Å². The number of nitrogens with zero attached hydrogens (tertiary/aromatic N) is 1. The standard InChI is InChI=1S/C16H20Cl2N2O3/c1-11(17)16(22)20-8-6-13(7-9-20)19-15(21)10-23-14-4-2-12(18)3-5-14/h2-5,11,13H,6-10H2,1H3,(H,19,21). The Morgan fingerprint density at radius 1 is 1.30 bits per heavy atom. The SMILES string of the molecule is CC(Cl)C(=O)N1CCC(NC(=O)COc2ccc(Cl)cc2)CC1. The van der Waals surface area contributed by atoms with Crippen LogP contribution in [0.25, 0.3) is 0 Å². The van der Waals surface area contributed by atoms with Crippen LogP contribution in [0.3, 0.4) is 0 Å². The summed E-state index contributed by atoms with van der Waals surface area (Å²) in [5, 5.41) is 3.04. The molecule has 5 nitrogen and oxygen atoms in total. The topological polar surface area (TPSA) is 58.6 Å². The van der Waals surface area contributed by atoms with E-state index in [9.17, 15) is 9.59 Å². The highest BCUT2D eigenvalue weighted by molar-refractivity contribution is 6.30. The number of amides is 2. The van der Waals surface area contributed by atoms with E-state index in [4.69, 9.17) is 27.9 Å². The smallest absolute Gasteiger partial charge is 0.258 e. The van der Waals surface area contributed by atoms with Crippen molar-refractivity contribution in [1.29, 1.82) is 0 Å². The number of ether oxygens (including phenoxy) is 1. The van der Waals surface area contributed by atoms with Gasteiger partial charge in [-0.15, -0.1) is 11.6 Å². The maximum absolute atomic E-state index is 11.9. The molecule has 2 rings (SSSR count). The van der Waals surface area contributed by atoms with Crippen LogP contribution in [-0.2, 0) is 9.59 Å². The lowest BCUT2D eigenvalue weighted by atomic mass is 10.0. The van der Waals surface area contributed by atoms with Crippen LogP contribution in [0.15, 0.2) is 24.3 Å². The lowest BCUT2D eigenvalue weighted by Gasteiger charge is -2.33. The highest BCUT2D eigenvalue weighted by Crippen LogP contribution is 2.16. The monoisotopic (exact) mass is 358 g/mol. The third-order valence-electron chi connectivity index (χ3n) is 3.70. The molecule has 23 heavy (non-hydrogen) atoms. The molecule has 1 aromatic carbocycles. The number of alkyl halides is 1. The average Bonchev–Trinajstić information content (AvgIpc) is 2.54. The van der Waals surface area contributed by atoms with Gasteiger partial charge in [-0.1, -0.05) is 11.6 Å². The van der Waals surface area contributed by atoms with Gasteiger partial charge in [0, 0.05) is 24.2 Å². The van der Waals surface area contributed by atoms with Crippen LogP contribution in [0.4, 0.5) is 0 Å². The van der Waals surface area contributed by atoms with Gasteiger partial charge in [-0.2, -0.15) is 0 Å². The number of piperidine rings is 1. The van der Waals surface area contributed by atoms with E-state index >= 15 is 0 Å². The molecule has 1 atom stereocenters. The summed E-state index contributed by atoms with van der Waals surface area (Å²) < 4.78 is 5.40. The molecule has 0 saturated carbocycles. The van der Waals surface area contributed by atoms with Crippen molar-refractivity contribution in [2.75, 3.05) is 19.7 Å². The van der Waals surface area contributed by atoms with Gasteiger partial charge in [0.1, 0.15) is 11.1 Å². The predicted octanol–water partition coefficient (Wildman–Crippen LogP) is 2.45. The van der Waals surface area contributed by atoms with Crippen LogP contribution in [-0.4, -0.2) is 47.8 Å². The largest absolute Gasteiger partial charge is 0.484 e. The third-order valence-corrected chi connectivity index (χ3v) is 4.13. The first-order chi connectivity index (χ1) is 11.0. The van der Waals surface area contributed by atoms with Gasteiger partial charge in [-0.05, 0) is 44.0 Å². The number of carbonyl (C=O) groups is 2. The number of benzene rings is 1. The maximum Gasteiger partial charge on any atom is 0.258 e. The minimum absolute atomic E-state index is 0.0422.